The largest absolute Gasteiger partial charge is 0.451 e. The number of rotatable bonds is 1. The van der Waals surface area contributed by atoms with Gasteiger partial charge in [-0.2, -0.15) is 0 Å². The van der Waals surface area contributed by atoms with Gasteiger partial charge in [-0.3, -0.25) is 9.36 Å². The van der Waals surface area contributed by atoms with E-state index in [1.54, 1.807) is 6.20 Å². The van der Waals surface area contributed by atoms with Crippen LogP contribution in [0.4, 0.5) is 0 Å². The van der Waals surface area contributed by atoms with Crippen molar-refractivity contribution in [3.63, 3.8) is 0 Å². The second kappa shape index (κ2) is 4.93. The molecule has 0 N–H and O–H groups in total. The van der Waals surface area contributed by atoms with Crippen molar-refractivity contribution in [1.29, 1.82) is 0 Å². The van der Waals surface area contributed by atoms with Gasteiger partial charge < -0.3 is 4.74 Å². The van der Waals surface area contributed by atoms with Crippen LogP contribution >= 0.6 is 0 Å². The van der Waals surface area contributed by atoms with E-state index in [0.29, 0.717) is 28.2 Å². The number of aromatic nitrogens is 2. The maximum absolute atomic E-state index is 13.0. The lowest BCUT2D eigenvalue weighted by Crippen LogP contribution is -2.15. The Morgan fingerprint density at radius 1 is 1.00 bits per heavy atom. The lowest BCUT2D eigenvalue weighted by atomic mass is 9.99. The van der Waals surface area contributed by atoms with Gasteiger partial charge >= 0.3 is 0 Å². The van der Waals surface area contributed by atoms with E-state index in [4.69, 9.17) is 4.74 Å². The summed E-state index contributed by atoms with van der Waals surface area (Å²) >= 11 is 0. The summed E-state index contributed by atoms with van der Waals surface area (Å²) in [6.07, 6.45) is 1.75. The molecule has 0 fully saturated rings. The Kier molecular flexibility index (Phi) is 2.80. The molecule has 4 nitrogen and oxygen atoms in total. The topological polar surface area (TPSA) is 44.1 Å². The molecule has 0 aliphatic carbocycles. The zero-order valence-electron chi connectivity index (χ0n) is 14.0. The third-order valence-electron chi connectivity index (χ3n) is 4.82. The molecule has 0 amide bonds. The molecule has 122 valence electrons. The molecule has 0 saturated heterocycles. The molecule has 0 unspecified atom stereocenters. The van der Waals surface area contributed by atoms with E-state index in [1.807, 2.05) is 42.5 Å². The Labute approximate surface area is 144 Å². The van der Waals surface area contributed by atoms with E-state index < -0.39 is 0 Å². The number of ether oxygens (including phenoxy) is 1. The summed E-state index contributed by atoms with van der Waals surface area (Å²) in [5, 5.41) is 1.35. The number of benzene rings is 2. The highest BCUT2D eigenvalue weighted by atomic mass is 16.5. The molecule has 4 heteroatoms. The molecular formula is C21H16N2O2. The number of nitrogens with zero attached hydrogens (tertiary/aromatic N) is 2. The first-order valence-corrected chi connectivity index (χ1v) is 8.40. The number of hydrogen-bond acceptors (Lipinski definition) is 3. The predicted molar refractivity (Wildman–Crippen MR) is 99.0 cm³/mol. The lowest BCUT2D eigenvalue weighted by molar-refractivity contribution is 0.472. The van der Waals surface area contributed by atoms with Crippen LogP contribution in [0.2, 0.25) is 0 Å². The van der Waals surface area contributed by atoms with Crippen molar-refractivity contribution in [2.24, 2.45) is 0 Å². The van der Waals surface area contributed by atoms with Gasteiger partial charge in [0.15, 0.2) is 22.7 Å². The number of hydrogen-bond donors (Lipinski definition) is 0. The molecule has 0 radical (unpaired) electrons. The van der Waals surface area contributed by atoms with Gasteiger partial charge in [-0.1, -0.05) is 26.0 Å². The summed E-state index contributed by atoms with van der Waals surface area (Å²) < 4.78 is 8.07. The van der Waals surface area contributed by atoms with Crippen LogP contribution in [0.5, 0.6) is 11.5 Å². The highest BCUT2D eigenvalue weighted by molar-refractivity contribution is 5.99. The average Bonchev–Trinajstić information content (AvgIpc) is 2.64. The highest BCUT2D eigenvalue weighted by Crippen LogP contribution is 2.40. The monoisotopic (exact) mass is 328 g/mol. The van der Waals surface area contributed by atoms with Crippen LogP contribution in [-0.2, 0) is 0 Å². The first kappa shape index (κ1) is 14.2. The molecule has 0 saturated carbocycles. The Bertz CT molecular complexity index is 1220. The molecule has 2 aromatic carbocycles. The molecule has 3 heterocycles. The number of pyridine rings is 2. The zero-order chi connectivity index (χ0) is 17.1. The minimum absolute atomic E-state index is 0.0291. The second-order valence-electron chi connectivity index (χ2n) is 6.68. The van der Waals surface area contributed by atoms with Crippen molar-refractivity contribution in [2.75, 3.05) is 0 Å². The lowest BCUT2D eigenvalue weighted by Gasteiger charge is -2.24. The van der Waals surface area contributed by atoms with E-state index in [9.17, 15) is 4.79 Å². The summed E-state index contributed by atoms with van der Waals surface area (Å²) in [6, 6.07) is 15.4. The minimum Gasteiger partial charge on any atom is -0.451 e. The fourth-order valence-corrected chi connectivity index (χ4v) is 3.54. The summed E-state index contributed by atoms with van der Waals surface area (Å²) in [5.41, 5.74) is 2.88. The van der Waals surface area contributed by atoms with Crippen LogP contribution in [-0.4, -0.2) is 9.55 Å². The number of para-hydroxylation sites is 1. The van der Waals surface area contributed by atoms with Crippen LogP contribution in [0.25, 0.3) is 27.6 Å². The van der Waals surface area contributed by atoms with Gasteiger partial charge in [0.1, 0.15) is 5.52 Å². The maximum Gasteiger partial charge on any atom is 0.197 e. The van der Waals surface area contributed by atoms with Crippen LogP contribution in [0, 0.1) is 0 Å². The van der Waals surface area contributed by atoms with Gasteiger partial charge in [0.2, 0.25) is 0 Å². The molecule has 1 aliphatic rings. The molecule has 2 aromatic heterocycles. The molecular weight excluding hydrogens is 312 g/mol. The van der Waals surface area contributed by atoms with Crippen LogP contribution in [0.3, 0.4) is 0 Å². The quantitative estimate of drug-likeness (QED) is 0.416. The second-order valence-corrected chi connectivity index (χ2v) is 6.68. The SMILES string of the molecule is CC(C)c1ccc2c(=O)c3cccc4c3n(c2c1)-c1ncccc1O4. The molecule has 0 spiro atoms. The zero-order valence-corrected chi connectivity index (χ0v) is 14.0. The Morgan fingerprint density at radius 3 is 2.68 bits per heavy atom. The van der Waals surface area contributed by atoms with Crippen LogP contribution < -0.4 is 10.2 Å². The molecule has 5 rings (SSSR count). The van der Waals surface area contributed by atoms with Crippen molar-refractivity contribution >= 4 is 21.8 Å². The van der Waals surface area contributed by atoms with Gasteiger partial charge in [0.25, 0.3) is 0 Å². The highest BCUT2D eigenvalue weighted by Gasteiger charge is 2.24. The fraction of sp³-hybridized carbons (Fsp3) is 0.143. The summed E-state index contributed by atoms with van der Waals surface area (Å²) in [4.78, 5) is 17.6. The normalized spacial score (nSPS) is 12.4. The summed E-state index contributed by atoms with van der Waals surface area (Å²) in [5.74, 6) is 2.48. The smallest absolute Gasteiger partial charge is 0.197 e. The molecule has 0 atom stereocenters. The van der Waals surface area contributed by atoms with Crippen molar-refractivity contribution in [3.8, 4) is 17.3 Å². The van der Waals surface area contributed by atoms with Crippen molar-refractivity contribution < 1.29 is 4.74 Å². The molecule has 25 heavy (non-hydrogen) atoms. The van der Waals surface area contributed by atoms with Crippen molar-refractivity contribution in [3.05, 3.63) is 70.5 Å². The van der Waals surface area contributed by atoms with E-state index in [-0.39, 0.29) is 5.43 Å². The van der Waals surface area contributed by atoms with Crippen molar-refractivity contribution in [2.45, 2.75) is 19.8 Å². The van der Waals surface area contributed by atoms with E-state index in [0.717, 1.165) is 16.9 Å². The maximum atomic E-state index is 13.0. The fourth-order valence-electron chi connectivity index (χ4n) is 3.54. The molecule has 0 bridgehead atoms. The first-order chi connectivity index (χ1) is 12.1. The standard InChI is InChI=1S/C21H16N2O2/c1-12(2)13-8-9-14-16(11-13)23-19-15(20(14)24)5-3-6-17(19)25-18-7-4-10-22-21(18)23/h3-12H,1-2H3. The van der Waals surface area contributed by atoms with Gasteiger partial charge in [0.05, 0.1) is 10.9 Å². The van der Waals surface area contributed by atoms with Gasteiger partial charge in [-0.15, -0.1) is 0 Å². The van der Waals surface area contributed by atoms with E-state index in [2.05, 4.69) is 29.5 Å². The minimum atomic E-state index is 0.0291. The molecule has 1 aliphatic heterocycles. The third kappa shape index (κ3) is 1.88. The Morgan fingerprint density at radius 2 is 1.84 bits per heavy atom. The van der Waals surface area contributed by atoms with Gasteiger partial charge in [-0.05, 0) is 47.9 Å². The predicted octanol–water partition coefficient (Wildman–Crippen LogP) is 4.77. The van der Waals surface area contributed by atoms with Crippen LogP contribution in [0.1, 0.15) is 25.3 Å². The Hall–Kier alpha value is -3.14. The first-order valence-electron chi connectivity index (χ1n) is 8.40. The van der Waals surface area contributed by atoms with Crippen LogP contribution in [0.15, 0.2) is 59.5 Å². The van der Waals surface area contributed by atoms with E-state index >= 15 is 0 Å². The van der Waals surface area contributed by atoms with Gasteiger partial charge in [-0.25, -0.2) is 4.98 Å². The van der Waals surface area contributed by atoms with Gasteiger partial charge in [0, 0.05) is 11.6 Å². The number of fused-ring (bicyclic) bond motifs is 4. The summed E-state index contributed by atoms with van der Waals surface area (Å²) in [6.45, 7) is 4.30. The van der Waals surface area contributed by atoms with Crippen molar-refractivity contribution in [1.82, 2.24) is 9.55 Å². The Balaban J connectivity index is 2.08. The van der Waals surface area contributed by atoms with E-state index in [1.165, 1.54) is 5.56 Å². The summed E-state index contributed by atoms with van der Waals surface area (Å²) in [7, 11) is 0. The average molecular weight is 328 g/mol. The molecule has 4 aromatic rings. The third-order valence-corrected chi connectivity index (χ3v) is 4.82.